The summed E-state index contributed by atoms with van der Waals surface area (Å²) in [5.74, 6) is -1.53. The normalized spacial score (nSPS) is 15.9. The Morgan fingerprint density at radius 1 is 0.675 bits per heavy atom. The number of benzene rings is 2. The van der Waals surface area contributed by atoms with Gasteiger partial charge in [-0.25, -0.2) is 4.79 Å². The monoisotopic (exact) mass is 574 g/mol. The second-order valence-corrected chi connectivity index (χ2v) is 9.65. The van der Waals surface area contributed by atoms with Crippen molar-refractivity contribution in [3.05, 3.63) is 59.7 Å². The van der Waals surface area contributed by atoms with Crippen molar-refractivity contribution in [2.75, 3.05) is 81.9 Å². The van der Waals surface area contributed by atoms with Gasteiger partial charge in [0.15, 0.2) is 5.78 Å². The molecule has 0 bridgehead atoms. The van der Waals surface area contributed by atoms with Gasteiger partial charge in [-0.1, -0.05) is 13.8 Å². The zero-order chi connectivity index (χ0) is 28.2. The zero-order valence-corrected chi connectivity index (χ0v) is 24.7. The molecule has 10 heteroatoms. The number of anilines is 2. The average Bonchev–Trinajstić information content (AvgIpc) is 2.98. The molecule has 2 fully saturated rings. The van der Waals surface area contributed by atoms with Crippen LogP contribution in [0.4, 0.5) is 11.4 Å². The molecular formula is C30H43ClN4O5. The lowest BCUT2D eigenvalue weighted by Crippen LogP contribution is -2.46. The molecular weight excluding hydrogens is 532 g/mol. The number of piperazine rings is 2. The molecule has 2 aromatic rings. The van der Waals surface area contributed by atoms with Crippen molar-refractivity contribution in [3.8, 4) is 0 Å². The van der Waals surface area contributed by atoms with E-state index in [4.69, 9.17) is 9.84 Å². The van der Waals surface area contributed by atoms with Crippen molar-refractivity contribution >= 4 is 41.5 Å². The summed E-state index contributed by atoms with van der Waals surface area (Å²) in [5.41, 5.74) is 3.15. The molecule has 40 heavy (non-hydrogen) atoms. The molecule has 0 spiro atoms. The SMILES string of the molecule is CCN1CCN(c2ccc(C(=O)O)cc2)CC1.CCOC(=O)CC(=O)c1ccc(N2CCN(CC)CC2)cc1.Cl. The Bertz CT molecular complexity index is 1060. The van der Waals surface area contributed by atoms with Crippen LogP contribution < -0.4 is 9.80 Å². The summed E-state index contributed by atoms with van der Waals surface area (Å²) in [7, 11) is 0. The maximum atomic E-state index is 12.0. The first-order valence-corrected chi connectivity index (χ1v) is 13.9. The number of aromatic carboxylic acids is 1. The highest BCUT2D eigenvalue weighted by molar-refractivity contribution is 6.06. The summed E-state index contributed by atoms with van der Waals surface area (Å²) in [6.45, 7) is 16.9. The Balaban J connectivity index is 0.000000282. The number of rotatable bonds is 9. The topological polar surface area (TPSA) is 93.6 Å². The number of carbonyl (C=O) groups is 3. The minimum absolute atomic E-state index is 0. The molecule has 1 N–H and O–H groups in total. The van der Waals surface area contributed by atoms with Crippen molar-refractivity contribution in [2.45, 2.75) is 27.2 Å². The van der Waals surface area contributed by atoms with E-state index in [1.807, 2.05) is 24.3 Å². The number of ether oxygens (including phenoxy) is 1. The zero-order valence-electron chi connectivity index (χ0n) is 23.9. The molecule has 4 rings (SSSR count). The van der Waals surface area contributed by atoms with Crippen molar-refractivity contribution < 1.29 is 24.2 Å². The highest BCUT2D eigenvalue weighted by Crippen LogP contribution is 2.19. The van der Waals surface area contributed by atoms with Crippen LogP contribution in [0, 0.1) is 0 Å². The molecule has 0 unspecified atom stereocenters. The molecule has 0 saturated carbocycles. The summed E-state index contributed by atoms with van der Waals surface area (Å²) >= 11 is 0. The number of carboxylic acid groups (broad SMARTS) is 1. The average molecular weight is 575 g/mol. The molecule has 0 aromatic heterocycles. The highest BCUT2D eigenvalue weighted by Gasteiger charge is 2.18. The van der Waals surface area contributed by atoms with Gasteiger partial charge in [-0.2, -0.15) is 0 Å². The van der Waals surface area contributed by atoms with Crippen LogP contribution in [0.25, 0.3) is 0 Å². The van der Waals surface area contributed by atoms with E-state index in [0.717, 1.165) is 76.8 Å². The van der Waals surface area contributed by atoms with Gasteiger partial charge in [-0.15, -0.1) is 12.4 Å². The second kappa shape index (κ2) is 16.8. The van der Waals surface area contributed by atoms with Gasteiger partial charge < -0.3 is 29.4 Å². The number of nitrogens with zero attached hydrogens (tertiary/aromatic N) is 4. The van der Waals surface area contributed by atoms with Crippen molar-refractivity contribution in [1.29, 1.82) is 0 Å². The fourth-order valence-electron chi connectivity index (χ4n) is 4.76. The molecule has 2 aliphatic rings. The summed E-state index contributed by atoms with van der Waals surface area (Å²) in [6.07, 6.45) is -0.192. The van der Waals surface area contributed by atoms with Crippen molar-refractivity contribution in [3.63, 3.8) is 0 Å². The van der Waals surface area contributed by atoms with Gasteiger partial charge in [0, 0.05) is 69.3 Å². The lowest BCUT2D eigenvalue weighted by atomic mass is 10.1. The summed E-state index contributed by atoms with van der Waals surface area (Å²) in [4.78, 5) is 43.5. The minimum atomic E-state index is -0.868. The summed E-state index contributed by atoms with van der Waals surface area (Å²) in [6, 6.07) is 14.6. The van der Waals surface area contributed by atoms with Crippen LogP contribution in [0.1, 0.15) is 47.9 Å². The third-order valence-electron chi connectivity index (χ3n) is 7.28. The van der Waals surface area contributed by atoms with E-state index >= 15 is 0 Å². The van der Waals surface area contributed by atoms with E-state index < -0.39 is 11.9 Å². The van der Waals surface area contributed by atoms with Crippen molar-refractivity contribution in [2.24, 2.45) is 0 Å². The standard InChI is InChI=1S/C17H24N2O3.C13H18N2O2.ClH/c1-3-18-9-11-19(12-10-18)15-7-5-14(6-8-15)16(20)13-17(21)22-4-2;1-2-14-7-9-15(10-8-14)12-5-3-11(4-6-12)13(16)17;/h5-8H,3-4,9-13H2,1-2H3;3-6H,2,7-10H2,1H3,(H,16,17);1H. The van der Waals surface area contributed by atoms with E-state index in [1.165, 1.54) is 0 Å². The van der Waals surface area contributed by atoms with Crippen LogP contribution in [0.15, 0.2) is 48.5 Å². The third-order valence-corrected chi connectivity index (χ3v) is 7.28. The summed E-state index contributed by atoms with van der Waals surface area (Å²) in [5, 5.41) is 8.83. The van der Waals surface area contributed by atoms with Gasteiger partial charge in [-0.05, 0) is 68.5 Å². The molecule has 220 valence electrons. The molecule has 0 atom stereocenters. The second-order valence-electron chi connectivity index (χ2n) is 9.65. The molecule has 2 aromatic carbocycles. The number of carbonyl (C=O) groups excluding carboxylic acids is 2. The Hall–Kier alpha value is -3.14. The first-order valence-electron chi connectivity index (χ1n) is 13.9. The predicted molar refractivity (Wildman–Crippen MR) is 161 cm³/mol. The van der Waals surface area contributed by atoms with E-state index in [-0.39, 0.29) is 24.6 Å². The Morgan fingerprint density at radius 2 is 1.07 bits per heavy atom. The number of halogens is 1. The van der Waals surface area contributed by atoms with Crippen LogP contribution in [0.2, 0.25) is 0 Å². The number of Topliss-reactive ketones (excluding diaryl/α,β-unsaturated/α-hetero) is 1. The molecule has 0 amide bonds. The Morgan fingerprint density at radius 3 is 1.43 bits per heavy atom. The van der Waals surface area contributed by atoms with Crippen molar-refractivity contribution in [1.82, 2.24) is 9.80 Å². The maximum Gasteiger partial charge on any atom is 0.335 e. The van der Waals surface area contributed by atoms with Gasteiger partial charge in [0.05, 0.1) is 12.2 Å². The van der Waals surface area contributed by atoms with E-state index in [9.17, 15) is 14.4 Å². The van der Waals surface area contributed by atoms with Crippen LogP contribution in [0.5, 0.6) is 0 Å². The fraction of sp³-hybridized carbons (Fsp3) is 0.500. The molecule has 2 heterocycles. The van der Waals surface area contributed by atoms with E-state index in [2.05, 4.69) is 33.4 Å². The number of esters is 1. The molecule has 0 radical (unpaired) electrons. The number of likely N-dealkylation sites (N-methyl/N-ethyl adjacent to an activating group) is 2. The number of hydrogen-bond donors (Lipinski definition) is 1. The quantitative estimate of drug-likeness (QED) is 0.272. The first kappa shape index (κ1) is 33.1. The lowest BCUT2D eigenvalue weighted by Gasteiger charge is -2.35. The van der Waals surface area contributed by atoms with Crippen LogP contribution in [0.3, 0.4) is 0 Å². The molecule has 2 aliphatic heterocycles. The maximum absolute atomic E-state index is 12.0. The van der Waals surface area contributed by atoms with Gasteiger partial charge >= 0.3 is 11.9 Å². The number of hydrogen-bond acceptors (Lipinski definition) is 8. The van der Waals surface area contributed by atoms with Gasteiger partial charge in [0.2, 0.25) is 0 Å². The molecule has 2 saturated heterocycles. The van der Waals surface area contributed by atoms with Crippen LogP contribution in [-0.4, -0.2) is 105 Å². The van der Waals surface area contributed by atoms with Crippen LogP contribution >= 0.6 is 12.4 Å². The number of ketones is 1. The smallest absolute Gasteiger partial charge is 0.335 e. The van der Waals surface area contributed by atoms with E-state index in [1.54, 1.807) is 31.2 Å². The van der Waals surface area contributed by atoms with Gasteiger partial charge in [-0.3, -0.25) is 9.59 Å². The third kappa shape index (κ3) is 9.80. The molecule has 9 nitrogen and oxygen atoms in total. The number of carboxylic acids is 1. The van der Waals surface area contributed by atoms with E-state index in [0.29, 0.717) is 17.7 Å². The highest BCUT2D eigenvalue weighted by atomic mass is 35.5. The minimum Gasteiger partial charge on any atom is -0.478 e. The van der Waals surface area contributed by atoms with Gasteiger partial charge in [0.1, 0.15) is 6.42 Å². The molecule has 0 aliphatic carbocycles. The van der Waals surface area contributed by atoms with Gasteiger partial charge in [0.25, 0.3) is 0 Å². The Kier molecular flexibility index (Phi) is 13.9. The Labute approximate surface area is 244 Å². The first-order chi connectivity index (χ1) is 18.8. The summed E-state index contributed by atoms with van der Waals surface area (Å²) < 4.78 is 4.80. The predicted octanol–water partition coefficient (Wildman–Crippen LogP) is 3.91. The van der Waals surface area contributed by atoms with Crippen LogP contribution in [-0.2, 0) is 9.53 Å². The lowest BCUT2D eigenvalue weighted by molar-refractivity contribution is -0.141. The largest absolute Gasteiger partial charge is 0.478 e. The fourth-order valence-corrected chi connectivity index (χ4v) is 4.76.